The summed E-state index contributed by atoms with van der Waals surface area (Å²) in [5.41, 5.74) is 15.1. The maximum absolute atomic E-state index is 13.2. The van der Waals surface area contributed by atoms with Gasteiger partial charge in [-0.25, -0.2) is 0 Å². The van der Waals surface area contributed by atoms with Gasteiger partial charge in [0.1, 0.15) is 6.04 Å². The lowest BCUT2D eigenvalue weighted by atomic mass is 9.87. The highest BCUT2D eigenvalue weighted by molar-refractivity contribution is 5.98. The smallest absolute Gasteiger partial charge is 0.247 e. The van der Waals surface area contributed by atoms with Crippen molar-refractivity contribution < 1.29 is 9.59 Å². The molecule has 0 aliphatic heterocycles. The Morgan fingerprint density at radius 2 is 1.74 bits per heavy atom. The van der Waals surface area contributed by atoms with Crippen molar-refractivity contribution in [2.75, 3.05) is 11.9 Å². The van der Waals surface area contributed by atoms with Crippen LogP contribution in [0.4, 0.5) is 5.69 Å². The van der Waals surface area contributed by atoms with Crippen LogP contribution in [0.1, 0.15) is 44.7 Å². The van der Waals surface area contributed by atoms with Crippen molar-refractivity contribution in [3.63, 3.8) is 0 Å². The van der Waals surface area contributed by atoms with E-state index in [1.165, 1.54) is 5.56 Å². The number of carbonyl (C=O) groups excluding carboxylic acids is 2. The third kappa shape index (κ3) is 6.85. The molecule has 1 aromatic heterocycles. The number of anilines is 1. The second kappa shape index (κ2) is 11.2. The van der Waals surface area contributed by atoms with Crippen LogP contribution in [0, 0.1) is 0 Å². The number of benzene rings is 2. The molecular formula is C27H35N5O2. The Labute approximate surface area is 201 Å². The normalized spacial score (nSPS) is 13.3. The van der Waals surface area contributed by atoms with Crippen molar-refractivity contribution in [2.45, 2.75) is 57.5 Å². The zero-order valence-electron chi connectivity index (χ0n) is 20.2. The number of nitrogens with zero attached hydrogens (tertiary/aromatic N) is 1. The summed E-state index contributed by atoms with van der Waals surface area (Å²) in [5.74, 6) is -0.679. The lowest BCUT2D eigenvalue weighted by Gasteiger charge is -2.22. The molecule has 180 valence electrons. The number of carbonyl (C=O) groups is 2. The second-order valence-corrected chi connectivity index (χ2v) is 9.66. The minimum absolute atomic E-state index is 0.0157. The topological polar surface area (TPSA) is 123 Å². The van der Waals surface area contributed by atoms with Crippen molar-refractivity contribution >= 4 is 28.4 Å². The van der Waals surface area contributed by atoms with Gasteiger partial charge in [0.05, 0.1) is 11.6 Å². The first-order valence-corrected chi connectivity index (χ1v) is 11.7. The van der Waals surface area contributed by atoms with Crippen LogP contribution >= 0.6 is 0 Å². The van der Waals surface area contributed by atoms with Gasteiger partial charge in [0.15, 0.2) is 0 Å². The van der Waals surface area contributed by atoms with Gasteiger partial charge in [0.25, 0.3) is 0 Å². The summed E-state index contributed by atoms with van der Waals surface area (Å²) >= 11 is 0. The van der Waals surface area contributed by atoms with Gasteiger partial charge in [-0.3, -0.25) is 14.6 Å². The lowest BCUT2D eigenvalue weighted by molar-refractivity contribution is -0.127. The molecule has 0 aliphatic carbocycles. The first-order chi connectivity index (χ1) is 16.2. The van der Waals surface area contributed by atoms with Gasteiger partial charge in [-0.05, 0) is 60.2 Å². The van der Waals surface area contributed by atoms with E-state index in [1.54, 1.807) is 6.20 Å². The molecule has 2 amide bonds. The van der Waals surface area contributed by atoms with Crippen LogP contribution in [0.25, 0.3) is 10.9 Å². The van der Waals surface area contributed by atoms with Gasteiger partial charge in [-0.15, -0.1) is 0 Å². The number of hydrogen-bond acceptors (Lipinski definition) is 5. The Hall–Kier alpha value is -3.29. The van der Waals surface area contributed by atoms with Crippen LogP contribution in [-0.2, 0) is 21.4 Å². The van der Waals surface area contributed by atoms with Crippen molar-refractivity contribution in [2.24, 2.45) is 11.5 Å². The van der Waals surface area contributed by atoms with E-state index in [-0.39, 0.29) is 17.2 Å². The maximum atomic E-state index is 13.2. The van der Waals surface area contributed by atoms with Gasteiger partial charge >= 0.3 is 0 Å². The third-order valence-corrected chi connectivity index (χ3v) is 5.79. The minimum Gasteiger partial charge on any atom is -0.343 e. The van der Waals surface area contributed by atoms with Gasteiger partial charge in [-0.1, -0.05) is 51.1 Å². The number of para-hydroxylation sites is 1. The molecule has 0 fully saturated rings. The fourth-order valence-corrected chi connectivity index (χ4v) is 3.70. The zero-order valence-corrected chi connectivity index (χ0v) is 20.2. The predicted octanol–water partition coefficient (Wildman–Crippen LogP) is 3.26. The highest BCUT2D eigenvalue weighted by atomic mass is 16.2. The van der Waals surface area contributed by atoms with E-state index in [9.17, 15) is 9.59 Å². The quantitative estimate of drug-likeness (QED) is 0.389. The average Bonchev–Trinajstić information content (AvgIpc) is 2.81. The van der Waals surface area contributed by atoms with Crippen molar-refractivity contribution in [3.05, 3.63) is 71.9 Å². The zero-order chi connectivity index (χ0) is 24.7. The first-order valence-electron chi connectivity index (χ1n) is 11.7. The van der Waals surface area contributed by atoms with Gasteiger partial charge in [0, 0.05) is 23.7 Å². The molecule has 0 aliphatic rings. The molecule has 0 saturated carbocycles. The van der Waals surface area contributed by atoms with Gasteiger partial charge < -0.3 is 22.1 Å². The predicted molar refractivity (Wildman–Crippen MR) is 137 cm³/mol. The van der Waals surface area contributed by atoms with Crippen LogP contribution in [0.15, 0.2) is 60.8 Å². The van der Waals surface area contributed by atoms with E-state index >= 15 is 0 Å². The number of aromatic nitrogens is 1. The van der Waals surface area contributed by atoms with Crippen molar-refractivity contribution in [1.29, 1.82) is 0 Å². The number of nitrogens with one attached hydrogen (secondary N) is 2. The molecular weight excluding hydrogens is 426 g/mol. The lowest BCUT2D eigenvalue weighted by Crippen LogP contribution is -2.51. The van der Waals surface area contributed by atoms with Crippen LogP contribution in [0.3, 0.4) is 0 Å². The molecule has 3 aromatic rings. The van der Waals surface area contributed by atoms with Gasteiger partial charge in [0.2, 0.25) is 11.8 Å². The molecule has 6 N–H and O–H groups in total. The molecule has 7 heteroatoms. The summed E-state index contributed by atoms with van der Waals surface area (Å²) in [6, 6.07) is 16.0. The monoisotopic (exact) mass is 461 g/mol. The Balaban J connectivity index is 1.79. The van der Waals surface area contributed by atoms with Crippen LogP contribution in [-0.4, -0.2) is 35.4 Å². The molecule has 2 atom stereocenters. The number of nitrogens with two attached hydrogens (primary N) is 2. The van der Waals surface area contributed by atoms with Crippen molar-refractivity contribution in [3.8, 4) is 0 Å². The highest BCUT2D eigenvalue weighted by Crippen LogP contribution is 2.23. The van der Waals surface area contributed by atoms with Crippen LogP contribution in [0.5, 0.6) is 0 Å². The number of pyridine rings is 1. The summed E-state index contributed by atoms with van der Waals surface area (Å²) in [4.78, 5) is 30.4. The molecule has 7 nitrogen and oxygen atoms in total. The SMILES string of the molecule is CC(C)(C)c1ccc(NC(=O)[C@@H](Cc2cnc3ccccc3c2)NC(=O)[C@H](N)CCCN)cc1. The van der Waals surface area contributed by atoms with E-state index in [0.717, 1.165) is 16.5 Å². The largest absolute Gasteiger partial charge is 0.343 e. The van der Waals surface area contributed by atoms with E-state index in [0.29, 0.717) is 31.5 Å². The van der Waals surface area contributed by atoms with E-state index in [4.69, 9.17) is 11.5 Å². The fraction of sp³-hybridized carbons (Fsp3) is 0.370. The summed E-state index contributed by atoms with van der Waals surface area (Å²) < 4.78 is 0. The average molecular weight is 462 g/mol. The number of amides is 2. The highest BCUT2D eigenvalue weighted by Gasteiger charge is 2.25. The van der Waals surface area contributed by atoms with Crippen LogP contribution in [0.2, 0.25) is 0 Å². The second-order valence-electron chi connectivity index (χ2n) is 9.66. The molecule has 0 saturated heterocycles. The van der Waals surface area contributed by atoms with E-state index in [2.05, 4.69) is 36.4 Å². The molecule has 2 aromatic carbocycles. The summed E-state index contributed by atoms with van der Waals surface area (Å²) in [7, 11) is 0. The third-order valence-electron chi connectivity index (χ3n) is 5.79. The molecule has 34 heavy (non-hydrogen) atoms. The summed E-state index contributed by atoms with van der Waals surface area (Å²) in [6.45, 7) is 6.87. The molecule has 1 heterocycles. The fourth-order valence-electron chi connectivity index (χ4n) is 3.70. The van der Waals surface area contributed by atoms with Gasteiger partial charge in [-0.2, -0.15) is 0 Å². The number of hydrogen-bond donors (Lipinski definition) is 4. The summed E-state index contributed by atoms with van der Waals surface area (Å²) in [6.07, 6.45) is 3.13. The van der Waals surface area contributed by atoms with E-state index in [1.807, 2.05) is 54.6 Å². The molecule has 3 rings (SSSR count). The Kier molecular flexibility index (Phi) is 8.36. The molecule has 0 radical (unpaired) electrons. The van der Waals surface area contributed by atoms with E-state index < -0.39 is 12.1 Å². The Bertz CT molecular complexity index is 1120. The number of fused-ring (bicyclic) bond motifs is 1. The Morgan fingerprint density at radius 3 is 2.41 bits per heavy atom. The molecule has 0 spiro atoms. The first kappa shape index (κ1) is 25.3. The van der Waals surface area contributed by atoms with Crippen molar-refractivity contribution in [1.82, 2.24) is 10.3 Å². The standard InChI is InChI=1S/C27H35N5O2/c1-27(2,3)20-10-12-21(13-11-20)31-26(34)24(32-25(33)22(29)8-6-14-28)16-18-15-19-7-4-5-9-23(19)30-17-18/h4-5,7,9-13,15,17,22,24H,6,8,14,16,28-29H2,1-3H3,(H,31,34)(H,32,33)/t22-,24-/m1/s1. The molecule has 0 unspecified atom stereocenters. The van der Waals surface area contributed by atoms with Crippen LogP contribution < -0.4 is 22.1 Å². The summed E-state index contributed by atoms with van der Waals surface area (Å²) in [5, 5.41) is 6.74. The minimum atomic E-state index is -0.804. The maximum Gasteiger partial charge on any atom is 0.247 e. The Morgan fingerprint density at radius 1 is 1.03 bits per heavy atom. The number of rotatable bonds is 9. The molecule has 0 bridgehead atoms.